The summed E-state index contributed by atoms with van der Waals surface area (Å²) in [6.45, 7) is 0.298. The van der Waals surface area contributed by atoms with Crippen LogP contribution >= 0.6 is 23.2 Å². The van der Waals surface area contributed by atoms with Gasteiger partial charge in [0.2, 0.25) is 10.0 Å². The summed E-state index contributed by atoms with van der Waals surface area (Å²) in [6.07, 6.45) is 2.05. The summed E-state index contributed by atoms with van der Waals surface area (Å²) < 4.78 is 27.7. The third-order valence-electron chi connectivity index (χ3n) is 2.68. The zero-order valence-corrected chi connectivity index (χ0v) is 12.1. The van der Waals surface area contributed by atoms with E-state index < -0.39 is 16.0 Å². The number of rotatable bonds is 4. The zero-order valence-electron chi connectivity index (χ0n) is 9.73. The van der Waals surface area contributed by atoms with Crippen LogP contribution in [0, 0.1) is 5.92 Å². The Bertz CT molecular complexity index is 626. The molecule has 0 amide bonds. The Hall–Kier alpha value is -0.820. The van der Waals surface area contributed by atoms with Crippen LogP contribution < -0.4 is 5.14 Å². The van der Waals surface area contributed by atoms with Crippen LogP contribution in [-0.4, -0.2) is 21.0 Å². The molecular weight excluding hydrogens is 313 g/mol. The third kappa shape index (κ3) is 3.60. The van der Waals surface area contributed by atoms with Crippen LogP contribution in [0.15, 0.2) is 17.0 Å². The highest BCUT2D eigenvalue weighted by molar-refractivity contribution is 7.89. The average molecular weight is 324 g/mol. The maximum atomic E-state index is 11.8. The highest BCUT2D eigenvalue weighted by Gasteiger charge is 2.26. The van der Waals surface area contributed by atoms with E-state index in [0.29, 0.717) is 12.5 Å². The fourth-order valence-electron chi connectivity index (χ4n) is 1.48. The Morgan fingerprint density at radius 1 is 1.37 bits per heavy atom. The second-order valence-electron chi connectivity index (χ2n) is 4.35. The number of primary sulfonamides is 1. The second-order valence-corrected chi connectivity index (χ2v) is 6.70. The highest BCUT2D eigenvalue weighted by atomic mass is 35.5. The van der Waals surface area contributed by atoms with E-state index in [1.165, 1.54) is 6.07 Å². The fourth-order valence-corrected chi connectivity index (χ4v) is 2.92. The quantitative estimate of drug-likeness (QED) is 0.860. The molecule has 1 saturated carbocycles. The van der Waals surface area contributed by atoms with Gasteiger partial charge in [0, 0.05) is 5.02 Å². The molecule has 2 rings (SSSR count). The Labute approximate surface area is 120 Å². The van der Waals surface area contributed by atoms with Crippen molar-refractivity contribution in [1.29, 1.82) is 0 Å². The standard InChI is InChI=1S/C11H11Cl2NO4S/c12-7-3-8(11(15)18-5-6-1-2-6)10(13)9(4-7)19(14,16)17/h3-4,6H,1-2,5H2,(H2,14,16,17). The van der Waals surface area contributed by atoms with Crippen molar-refractivity contribution in [1.82, 2.24) is 0 Å². The maximum absolute atomic E-state index is 11.8. The summed E-state index contributed by atoms with van der Waals surface area (Å²) in [5.41, 5.74) is -0.0983. The summed E-state index contributed by atoms with van der Waals surface area (Å²) in [5, 5.41) is 4.78. The Balaban J connectivity index is 2.33. The van der Waals surface area contributed by atoms with Gasteiger partial charge >= 0.3 is 5.97 Å². The lowest BCUT2D eigenvalue weighted by atomic mass is 10.2. The number of ether oxygens (including phenoxy) is 1. The van der Waals surface area contributed by atoms with Crippen LogP contribution in [0.4, 0.5) is 0 Å². The molecule has 0 aromatic heterocycles. The average Bonchev–Trinajstić information content (AvgIpc) is 3.11. The van der Waals surface area contributed by atoms with Gasteiger partial charge in [0.1, 0.15) is 4.90 Å². The van der Waals surface area contributed by atoms with Crippen LogP contribution in [0.2, 0.25) is 10.0 Å². The van der Waals surface area contributed by atoms with E-state index in [1.807, 2.05) is 0 Å². The van der Waals surface area contributed by atoms with Gasteiger partial charge in [0.25, 0.3) is 0 Å². The fraction of sp³-hybridized carbons (Fsp3) is 0.364. The molecule has 19 heavy (non-hydrogen) atoms. The van der Waals surface area contributed by atoms with Gasteiger partial charge in [-0.15, -0.1) is 0 Å². The van der Waals surface area contributed by atoms with Gasteiger partial charge in [-0.25, -0.2) is 18.4 Å². The summed E-state index contributed by atoms with van der Waals surface area (Å²) in [6, 6.07) is 2.35. The number of hydrogen-bond acceptors (Lipinski definition) is 4. The molecule has 0 heterocycles. The van der Waals surface area contributed by atoms with E-state index in [2.05, 4.69) is 0 Å². The molecule has 1 aliphatic rings. The molecule has 0 radical (unpaired) electrons. The first kappa shape index (κ1) is 14.6. The van der Waals surface area contributed by atoms with Crippen molar-refractivity contribution in [2.45, 2.75) is 17.7 Å². The monoisotopic (exact) mass is 323 g/mol. The summed E-state index contributed by atoms with van der Waals surface area (Å²) in [4.78, 5) is 11.4. The first-order valence-electron chi connectivity index (χ1n) is 5.48. The molecule has 0 saturated heterocycles. The second kappa shape index (κ2) is 5.28. The molecule has 1 aliphatic carbocycles. The number of benzene rings is 1. The normalized spacial score (nSPS) is 15.3. The van der Waals surface area contributed by atoms with Crippen molar-refractivity contribution in [3.05, 3.63) is 27.7 Å². The number of halogens is 2. The number of esters is 1. The van der Waals surface area contributed by atoms with E-state index in [9.17, 15) is 13.2 Å². The van der Waals surface area contributed by atoms with Gasteiger partial charge in [-0.1, -0.05) is 23.2 Å². The highest BCUT2D eigenvalue weighted by Crippen LogP contribution is 2.31. The van der Waals surface area contributed by atoms with Crippen LogP contribution in [0.1, 0.15) is 23.2 Å². The molecule has 1 aromatic carbocycles. The van der Waals surface area contributed by atoms with Crippen LogP contribution in [0.5, 0.6) is 0 Å². The lowest BCUT2D eigenvalue weighted by Gasteiger charge is -2.09. The third-order valence-corrected chi connectivity index (χ3v) is 4.35. The predicted octanol–water partition coefficient (Wildman–Crippen LogP) is 2.21. The number of nitrogens with two attached hydrogens (primary N) is 1. The van der Waals surface area contributed by atoms with Gasteiger partial charge in [0.05, 0.1) is 17.2 Å². The predicted molar refractivity (Wildman–Crippen MR) is 70.8 cm³/mol. The van der Waals surface area contributed by atoms with Gasteiger partial charge in [-0.2, -0.15) is 0 Å². The zero-order chi connectivity index (χ0) is 14.2. The maximum Gasteiger partial charge on any atom is 0.339 e. The Kier molecular flexibility index (Phi) is 4.06. The summed E-state index contributed by atoms with van der Waals surface area (Å²) >= 11 is 11.6. The molecular formula is C11H11Cl2NO4S. The molecule has 2 N–H and O–H groups in total. The van der Waals surface area contributed by atoms with Crippen LogP contribution in [0.3, 0.4) is 0 Å². The molecule has 0 spiro atoms. The first-order chi connectivity index (χ1) is 8.79. The minimum Gasteiger partial charge on any atom is -0.462 e. The molecule has 0 unspecified atom stereocenters. The molecule has 104 valence electrons. The van der Waals surface area contributed by atoms with Crippen LogP contribution in [0.25, 0.3) is 0 Å². The topological polar surface area (TPSA) is 86.5 Å². The number of hydrogen-bond donors (Lipinski definition) is 1. The lowest BCUT2D eigenvalue weighted by Crippen LogP contribution is -2.15. The SMILES string of the molecule is NS(=O)(=O)c1cc(Cl)cc(C(=O)OCC2CC2)c1Cl. The van der Waals surface area contributed by atoms with E-state index in [1.54, 1.807) is 0 Å². The molecule has 8 heteroatoms. The van der Waals surface area contributed by atoms with Gasteiger partial charge < -0.3 is 4.74 Å². The summed E-state index contributed by atoms with van der Waals surface area (Å²) in [7, 11) is -4.06. The molecule has 0 aliphatic heterocycles. The van der Waals surface area contributed by atoms with Crippen molar-refractivity contribution in [2.75, 3.05) is 6.61 Å². The molecule has 1 aromatic rings. The smallest absolute Gasteiger partial charge is 0.339 e. The Morgan fingerprint density at radius 3 is 2.53 bits per heavy atom. The Morgan fingerprint density at radius 2 is 2.00 bits per heavy atom. The van der Waals surface area contributed by atoms with Crippen molar-refractivity contribution in [3.8, 4) is 0 Å². The van der Waals surface area contributed by atoms with Gasteiger partial charge in [0.15, 0.2) is 0 Å². The lowest BCUT2D eigenvalue weighted by molar-refractivity contribution is 0.0486. The molecule has 5 nitrogen and oxygen atoms in total. The number of sulfonamides is 1. The van der Waals surface area contributed by atoms with E-state index in [4.69, 9.17) is 33.1 Å². The molecule has 0 atom stereocenters. The molecule has 1 fully saturated rings. The van der Waals surface area contributed by atoms with E-state index in [0.717, 1.165) is 18.9 Å². The van der Waals surface area contributed by atoms with Crippen molar-refractivity contribution in [3.63, 3.8) is 0 Å². The number of carbonyl (C=O) groups excluding carboxylic acids is 1. The van der Waals surface area contributed by atoms with Crippen LogP contribution in [-0.2, 0) is 14.8 Å². The van der Waals surface area contributed by atoms with Gasteiger partial charge in [-0.05, 0) is 30.9 Å². The minimum atomic E-state index is -4.06. The first-order valence-corrected chi connectivity index (χ1v) is 7.78. The largest absolute Gasteiger partial charge is 0.462 e. The van der Waals surface area contributed by atoms with Crippen molar-refractivity contribution in [2.24, 2.45) is 11.1 Å². The van der Waals surface area contributed by atoms with Crippen molar-refractivity contribution >= 4 is 39.2 Å². The molecule has 0 bridgehead atoms. The number of carbonyl (C=O) groups is 1. The van der Waals surface area contributed by atoms with Crippen molar-refractivity contribution < 1.29 is 17.9 Å². The van der Waals surface area contributed by atoms with E-state index in [-0.39, 0.29) is 20.5 Å². The summed E-state index contributed by atoms with van der Waals surface area (Å²) in [5.74, 6) is -0.316. The van der Waals surface area contributed by atoms with E-state index >= 15 is 0 Å². The van der Waals surface area contributed by atoms with Gasteiger partial charge in [-0.3, -0.25) is 0 Å². The minimum absolute atomic E-state index is 0.0480.